The van der Waals surface area contributed by atoms with E-state index < -0.39 is 0 Å². The Morgan fingerprint density at radius 1 is 1.24 bits per heavy atom. The van der Waals surface area contributed by atoms with Crippen molar-refractivity contribution in [2.45, 2.75) is 0 Å². The van der Waals surface area contributed by atoms with Crippen LogP contribution >= 0.6 is 12.2 Å². The minimum absolute atomic E-state index is 0.180. The van der Waals surface area contributed by atoms with Gasteiger partial charge in [-0.25, -0.2) is 5.01 Å². The third kappa shape index (κ3) is 2.92. The molecule has 0 atom stereocenters. The smallest absolute Gasteiger partial charge is 0.191 e. The van der Waals surface area contributed by atoms with Crippen LogP contribution in [0.2, 0.25) is 0 Å². The Hall–Kier alpha value is -2.14. The molecule has 4 nitrogen and oxygen atoms in total. The van der Waals surface area contributed by atoms with Gasteiger partial charge in [0.1, 0.15) is 5.76 Å². The normalized spacial score (nSPS) is 10.6. The number of hydrazone groups is 1. The van der Waals surface area contributed by atoms with Crippen LogP contribution in [0.15, 0.2) is 58.2 Å². The van der Waals surface area contributed by atoms with Crippen LogP contribution in [0, 0.1) is 0 Å². The number of hydrogen-bond acceptors (Lipinski definition) is 3. The van der Waals surface area contributed by atoms with Gasteiger partial charge in [-0.3, -0.25) is 0 Å². The van der Waals surface area contributed by atoms with E-state index in [0.29, 0.717) is 5.76 Å². The van der Waals surface area contributed by atoms with E-state index in [9.17, 15) is 0 Å². The van der Waals surface area contributed by atoms with Crippen LogP contribution in [0.25, 0.3) is 0 Å². The summed E-state index contributed by atoms with van der Waals surface area (Å²) in [6.45, 7) is 0. The molecule has 5 heteroatoms. The van der Waals surface area contributed by atoms with Gasteiger partial charge in [-0.15, -0.1) is 0 Å². The molecule has 0 unspecified atom stereocenters. The molecule has 0 saturated carbocycles. The Morgan fingerprint density at radius 2 is 2.00 bits per heavy atom. The van der Waals surface area contributed by atoms with Gasteiger partial charge in [-0.05, 0) is 36.5 Å². The van der Waals surface area contributed by atoms with Crippen molar-refractivity contribution in [3.63, 3.8) is 0 Å². The molecule has 0 amide bonds. The number of thiocarbonyl (C=S) groups is 1. The Bertz CT molecular complexity index is 508. The Balaban J connectivity index is 2.22. The van der Waals surface area contributed by atoms with Crippen molar-refractivity contribution in [1.29, 1.82) is 0 Å². The van der Waals surface area contributed by atoms with E-state index in [-0.39, 0.29) is 5.11 Å². The van der Waals surface area contributed by atoms with Crippen LogP contribution in [0.5, 0.6) is 0 Å². The number of benzene rings is 1. The summed E-state index contributed by atoms with van der Waals surface area (Å²) in [5.74, 6) is 0.641. The maximum absolute atomic E-state index is 5.62. The zero-order valence-electron chi connectivity index (χ0n) is 8.98. The molecule has 0 aliphatic rings. The van der Waals surface area contributed by atoms with Gasteiger partial charge in [-0.2, -0.15) is 5.10 Å². The molecule has 0 radical (unpaired) electrons. The number of anilines is 1. The molecule has 0 saturated heterocycles. The molecule has 1 aromatic heterocycles. The van der Waals surface area contributed by atoms with E-state index in [1.165, 1.54) is 5.01 Å². The van der Waals surface area contributed by atoms with E-state index in [0.717, 1.165) is 5.69 Å². The van der Waals surface area contributed by atoms with Crippen LogP contribution in [-0.2, 0) is 0 Å². The van der Waals surface area contributed by atoms with Gasteiger partial charge in [0.05, 0.1) is 18.2 Å². The second kappa shape index (κ2) is 5.27. The number of furan rings is 1. The lowest BCUT2D eigenvalue weighted by Gasteiger charge is -2.15. The summed E-state index contributed by atoms with van der Waals surface area (Å²) < 4.78 is 5.14. The summed E-state index contributed by atoms with van der Waals surface area (Å²) in [6.07, 6.45) is 3.14. The van der Waals surface area contributed by atoms with Gasteiger partial charge in [0, 0.05) is 0 Å². The molecule has 1 heterocycles. The summed E-state index contributed by atoms with van der Waals surface area (Å²) in [5.41, 5.74) is 6.43. The quantitative estimate of drug-likeness (QED) is 0.512. The zero-order valence-corrected chi connectivity index (χ0v) is 9.80. The molecule has 0 spiro atoms. The highest BCUT2D eigenvalue weighted by Crippen LogP contribution is 2.13. The van der Waals surface area contributed by atoms with Gasteiger partial charge in [0.25, 0.3) is 0 Å². The Kier molecular flexibility index (Phi) is 3.52. The molecule has 0 fully saturated rings. The second-order valence-electron chi connectivity index (χ2n) is 3.25. The average Bonchev–Trinajstić information content (AvgIpc) is 2.83. The summed E-state index contributed by atoms with van der Waals surface area (Å²) in [7, 11) is 0. The minimum Gasteiger partial charge on any atom is -0.463 e. The SMILES string of the molecule is NC(=S)N(N=Cc1ccco1)c1ccccc1. The monoisotopic (exact) mass is 245 g/mol. The van der Waals surface area contributed by atoms with Crippen molar-refractivity contribution in [3.05, 3.63) is 54.5 Å². The molecule has 1 aromatic carbocycles. The predicted molar refractivity (Wildman–Crippen MR) is 72.0 cm³/mol. The average molecular weight is 245 g/mol. The van der Waals surface area contributed by atoms with Crippen molar-refractivity contribution >= 4 is 29.2 Å². The maximum atomic E-state index is 5.62. The first-order valence-corrected chi connectivity index (χ1v) is 5.40. The van der Waals surface area contributed by atoms with E-state index >= 15 is 0 Å². The van der Waals surface area contributed by atoms with Gasteiger partial charge >= 0.3 is 0 Å². The van der Waals surface area contributed by atoms with E-state index in [4.69, 9.17) is 22.4 Å². The first-order valence-electron chi connectivity index (χ1n) is 4.99. The summed E-state index contributed by atoms with van der Waals surface area (Å²) in [5, 5.41) is 5.83. The molecular weight excluding hydrogens is 234 g/mol. The molecule has 0 aliphatic heterocycles. The van der Waals surface area contributed by atoms with Crippen LogP contribution in [0.1, 0.15) is 5.76 Å². The molecule has 17 heavy (non-hydrogen) atoms. The fourth-order valence-electron chi connectivity index (χ4n) is 1.30. The van der Waals surface area contributed by atoms with Crippen LogP contribution in [-0.4, -0.2) is 11.3 Å². The largest absolute Gasteiger partial charge is 0.463 e. The topological polar surface area (TPSA) is 54.8 Å². The maximum Gasteiger partial charge on any atom is 0.191 e. The van der Waals surface area contributed by atoms with Crippen LogP contribution < -0.4 is 10.7 Å². The number of nitrogens with two attached hydrogens (primary N) is 1. The lowest BCUT2D eigenvalue weighted by atomic mass is 10.3. The van der Waals surface area contributed by atoms with Crippen molar-refractivity contribution in [2.24, 2.45) is 10.8 Å². The fourth-order valence-corrected chi connectivity index (χ4v) is 1.45. The Morgan fingerprint density at radius 3 is 2.59 bits per heavy atom. The summed E-state index contributed by atoms with van der Waals surface area (Å²) >= 11 is 4.95. The van der Waals surface area contributed by atoms with E-state index in [1.807, 2.05) is 30.3 Å². The first kappa shape index (κ1) is 11.3. The number of nitrogens with zero attached hydrogens (tertiary/aromatic N) is 2. The molecule has 0 aliphatic carbocycles. The summed E-state index contributed by atoms with van der Waals surface area (Å²) in [6, 6.07) is 13.0. The highest BCUT2D eigenvalue weighted by Gasteiger charge is 2.06. The van der Waals surface area contributed by atoms with Crippen molar-refractivity contribution in [2.75, 3.05) is 5.01 Å². The third-order valence-electron chi connectivity index (χ3n) is 2.05. The highest BCUT2D eigenvalue weighted by molar-refractivity contribution is 7.80. The van der Waals surface area contributed by atoms with Crippen LogP contribution in [0.3, 0.4) is 0 Å². The number of rotatable bonds is 3. The molecule has 0 bridgehead atoms. The Labute approximate surface area is 104 Å². The lowest BCUT2D eigenvalue weighted by molar-refractivity contribution is 0.560. The highest BCUT2D eigenvalue weighted by atomic mass is 32.1. The van der Waals surface area contributed by atoms with Crippen LogP contribution in [0.4, 0.5) is 5.69 Å². The molecule has 2 rings (SSSR count). The van der Waals surface area contributed by atoms with Gasteiger partial charge < -0.3 is 10.2 Å². The molecular formula is C12H11N3OS. The first-order chi connectivity index (χ1) is 8.27. The number of para-hydroxylation sites is 1. The zero-order chi connectivity index (χ0) is 12.1. The molecule has 2 aromatic rings. The van der Waals surface area contributed by atoms with E-state index in [1.54, 1.807) is 24.6 Å². The molecule has 86 valence electrons. The van der Waals surface area contributed by atoms with Gasteiger partial charge in [0.2, 0.25) is 0 Å². The van der Waals surface area contributed by atoms with Gasteiger partial charge in [-0.1, -0.05) is 18.2 Å². The molecule has 2 N–H and O–H groups in total. The van der Waals surface area contributed by atoms with Crippen molar-refractivity contribution in [1.82, 2.24) is 0 Å². The number of hydrogen-bond donors (Lipinski definition) is 1. The summed E-state index contributed by atoms with van der Waals surface area (Å²) in [4.78, 5) is 0. The van der Waals surface area contributed by atoms with Crippen molar-refractivity contribution in [3.8, 4) is 0 Å². The standard InChI is InChI=1S/C12H11N3OS/c13-12(17)15(10-5-2-1-3-6-10)14-9-11-7-4-8-16-11/h1-9H,(H2,13,17). The van der Waals surface area contributed by atoms with Crippen molar-refractivity contribution < 1.29 is 4.42 Å². The van der Waals surface area contributed by atoms with E-state index in [2.05, 4.69) is 5.10 Å². The third-order valence-corrected chi connectivity index (χ3v) is 2.23. The minimum atomic E-state index is 0.180. The second-order valence-corrected chi connectivity index (χ2v) is 3.66. The van der Waals surface area contributed by atoms with Gasteiger partial charge in [0.15, 0.2) is 5.11 Å². The lowest BCUT2D eigenvalue weighted by Crippen LogP contribution is -2.30. The predicted octanol–water partition coefficient (Wildman–Crippen LogP) is 2.36. The fraction of sp³-hybridized carbons (Fsp3) is 0.